The van der Waals surface area contributed by atoms with E-state index in [1.165, 1.54) is 0 Å². The number of carbonyl (C=O) groups excluding carboxylic acids is 1. The predicted octanol–water partition coefficient (Wildman–Crippen LogP) is 1.44. The molecule has 0 atom stereocenters. The number of para-hydroxylation sites is 1. The van der Waals surface area contributed by atoms with E-state index in [4.69, 9.17) is 4.74 Å². The van der Waals surface area contributed by atoms with Crippen molar-refractivity contribution in [2.75, 3.05) is 13.2 Å². The number of hydrogen-bond acceptors (Lipinski definition) is 7. The second-order valence-electron chi connectivity index (χ2n) is 3.23. The van der Waals surface area contributed by atoms with E-state index in [-0.39, 0.29) is 6.61 Å². The third-order valence-corrected chi connectivity index (χ3v) is 2.01. The molecule has 19 heavy (non-hydrogen) atoms. The molecule has 1 rings (SSSR count). The summed E-state index contributed by atoms with van der Waals surface area (Å²) >= 11 is 0. The molecule has 0 aliphatic carbocycles. The van der Waals surface area contributed by atoms with E-state index in [0.29, 0.717) is 0 Å². The van der Waals surface area contributed by atoms with E-state index in [1.807, 2.05) is 0 Å². The summed E-state index contributed by atoms with van der Waals surface area (Å²) in [5, 5.41) is 21.5. The number of esters is 1. The Morgan fingerprint density at radius 1 is 1.21 bits per heavy atom. The number of nitro groups is 2. The Labute approximate surface area is 107 Å². The van der Waals surface area contributed by atoms with Gasteiger partial charge in [-0.25, -0.2) is 4.79 Å². The van der Waals surface area contributed by atoms with Gasteiger partial charge in [-0.15, -0.1) is 0 Å². The van der Waals surface area contributed by atoms with Gasteiger partial charge in [-0.1, -0.05) is 0 Å². The molecule has 0 radical (unpaired) electrons. The number of ether oxygens (including phenoxy) is 2. The summed E-state index contributed by atoms with van der Waals surface area (Å²) in [6, 6.07) is 3.26. The molecule has 0 bridgehead atoms. The number of carbonyl (C=O) groups is 1. The normalized spacial score (nSPS) is 9.74. The molecular formula is C10H10N2O7. The van der Waals surface area contributed by atoms with Crippen LogP contribution in [0.15, 0.2) is 18.2 Å². The van der Waals surface area contributed by atoms with Crippen molar-refractivity contribution in [3.8, 4) is 5.75 Å². The standard InChI is InChI=1S/C10H10N2O7/c1-2-18-9(13)6-19-10-7(11(14)15)4-3-5-8(10)12(16)17/h3-5H,2,6H2,1H3. The zero-order valence-corrected chi connectivity index (χ0v) is 9.90. The lowest BCUT2D eigenvalue weighted by atomic mass is 10.2. The van der Waals surface area contributed by atoms with Gasteiger partial charge in [0.1, 0.15) is 0 Å². The summed E-state index contributed by atoms with van der Waals surface area (Å²) in [7, 11) is 0. The Balaban J connectivity index is 3.04. The molecule has 1 aromatic rings. The first-order chi connectivity index (χ1) is 8.97. The molecule has 1 aromatic carbocycles. The fourth-order valence-electron chi connectivity index (χ4n) is 1.28. The number of rotatable bonds is 6. The van der Waals surface area contributed by atoms with Crippen molar-refractivity contribution >= 4 is 17.3 Å². The van der Waals surface area contributed by atoms with Gasteiger partial charge in [0, 0.05) is 12.1 Å². The second kappa shape index (κ2) is 6.28. The molecular weight excluding hydrogens is 260 g/mol. The summed E-state index contributed by atoms with van der Waals surface area (Å²) < 4.78 is 9.41. The Hall–Kier alpha value is -2.71. The number of nitrogens with zero attached hydrogens (tertiary/aromatic N) is 2. The van der Waals surface area contributed by atoms with E-state index in [9.17, 15) is 25.0 Å². The maximum absolute atomic E-state index is 11.1. The lowest BCUT2D eigenvalue weighted by molar-refractivity contribution is -0.396. The number of hydrogen-bond donors (Lipinski definition) is 0. The van der Waals surface area contributed by atoms with Crippen LogP contribution < -0.4 is 4.74 Å². The van der Waals surface area contributed by atoms with Gasteiger partial charge in [0.25, 0.3) is 5.75 Å². The molecule has 0 saturated heterocycles. The van der Waals surface area contributed by atoms with E-state index < -0.39 is 39.5 Å². The van der Waals surface area contributed by atoms with Crippen LogP contribution in [-0.4, -0.2) is 29.0 Å². The first-order valence-electron chi connectivity index (χ1n) is 5.17. The molecule has 0 heterocycles. The van der Waals surface area contributed by atoms with Crippen LogP contribution in [0.1, 0.15) is 6.92 Å². The third-order valence-electron chi connectivity index (χ3n) is 2.01. The third kappa shape index (κ3) is 3.63. The van der Waals surface area contributed by atoms with Gasteiger partial charge in [0.15, 0.2) is 6.61 Å². The van der Waals surface area contributed by atoms with Crippen molar-refractivity contribution in [1.29, 1.82) is 0 Å². The molecule has 0 saturated carbocycles. The van der Waals surface area contributed by atoms with Gasteiger partial charge in [0.05, 0.1) is 16.5 Å². The first kappa shape index (κ1) is 14.4. The van der Waals surface area contributed by atoms with Crippen LogP contribution in [0.25, 0.3) is 0 Å². The Kier molecular flexibility index (Phi) is 4.75. The fraction of sp³-hybridized carbons (Fsp3) is 0.300. The van der Waals surface area contributed by atoms with Crippen LogP contribution in [-0.2, 0) is 9.53 Å². The molecule has 0 aliphatic rings. The summed E-state index contributed by atoms with van der Waals surface area (Å²) in [6.45, 7) is 1.05. The molecule has 9 nitrogen and oxygen atoms in total. The Bertz CT molecular complexity index is 482. The van der Waals surface area contributed by atoms with Crippen molar-refractivity contribution in [2.45, 2.75) is 6.92 Å². The molecule has 9 heteroatoms. The maximum Gasteiger partial charge on any atom is 0.344 e. The maximum atomic E-state index is 11.1. The molecule has 102 valence electrons. The van der Waals surface area contributed by atoms with Crippen LogP contribution in [0.2, 0.25) is 0 Å². The average molecular weight is 270 g/mol. The molecule has 0 spiro atoms. The van der Waals surface area contributed by atoms with Gasteiger partial charge < -0.3 is 9.47 Å². The highest BCUT2D eigenvalue weighted by atomic mass is 16.6. The number of nitro benzene ring substituents is 2. The lowest BCUT2D eigenvalue weighted by Gasteiger charge is -2.06. The first-order valence-corrected chi connectivity index (χ1v) is 5.17. The molecule has 0 aliphatic heterocycles. The smallest absolute Gasteiger partial charge is 0.344 e. The van der Waals surface area contributed by atoms with Gasteiger partial charge in [-0.2, -0.15) is 0 Å². The highest BCUT2D eigenvalue weighted by Gasteiger charge is 2.27. The second-order valence-corrected chi connectivity index (χ2v) is 3.23. The minimum atomic E-state index is -0.826. The van der Waals surface area contributed by atoms with Crippen molar-refractivity contribution in [3.63, 3.8) is 0 Å². The highest BCUT2D eigenvalue weighted by molar-refractivity contribution is 5.72. The quantitative estimate of drug-likeness (QED) is 0.435. The molecule has 0 N–H and O–H groups in total. The summed E-state index contributed by atoms with van der Waals surface area (Å²) in [5.74, 6) is -1.33. The topological polar surface area (TPSA) is 122 Å². The van der Waals surface area contributed by atoms with E-state index >= 15 is 0 Å². The predicted molar refractivity (Wildman–Crippen MR) is 61.9 cm³/mol. The van der Waals surface area contributed by atoms with Crippen molar-refractivity contribution in [1.82, 2.24) is 0 Å². The largest absolute Gasteiger partial charge is 0.470 e. The zero-order valence-electron chi connectivity index (χ0n) is 9.90. The highest BCUT2D eigenvalue weighted by Crippen LogP contribution is 2.36. The van der Waals surface area contributed by atoms with E-state index in [2.05, 4.69) is 4.74 Å². The van der Waals surface area contributed by atoms with Crippen LogP contribution >= 0.6 is 0 Å². The van der Waals surface area contributed by atoms with Crippen molar-refractivity contribution in [2.24, 2.45) is 0 Å². The van der Waals surface area contributed by atoms with Crippen LogP contribution in [0.5, 0.6) is 5.75 Å². The monoisotopic (exact) mass is 270 g/mol. The zero-order chi connectivity index (χ0) is 14.4. The van der Waals surface area contributed by atoms with Gasteiger partial charge in [0.2, 0.25) is 0 Å². The van der Waals surface area contributed by atoms with Gasteiger partial charge >= 0.3 is 17.3 Å². The van der Waals surface area contributed by atoms with Crippen LogP contribution in [0, 0.1) is 20.2 Å². The van der Waals surface area contributed by atoms with Gasteiger partial charge in [-0.05, 0) is 13.0 Å². The molecule has 0 amide bonds. The fourth-order valence-corrected chi connectivity index (χ4v) is 1.28. The summed E-state index contributed by atoms with van der Waals surface area (Å²) in [4.78, 5) is 30.9. The van der Waals surface area contributed by atoms with E-state index in [1.54, 1.807) is 6.92 Å². The SMILES string of the molecule is CCOC(=O)COc1c([N+](=O)[O-])cccc1[N+](=O)[O-]. The minimum Gasteiger partial charge on any atom is -0.470 e. The van der Waals surface area contributed by atoms with Crippen molar-refractivity contribution in [3.05, 3.63) is 38.4 Å². The molecule has 0 aromatic heterocycles. The molecule has 0 fully saturated rings. The van der Waals surface area contributed by atoms with Crippen LogP contribution in [0.3, 0.4) is 0 Å². The summed E-state index contributed by atoms with van der Waals surface area (Å²) in [6.07, 6.45) is 0. The van der Waals surface area contributed by atoms with Gasteiger partial charge in [-0.3, -0.25) is 20.2 Å². The van der Waals surface area contributed by atoms with E-state index in [0.717, 1.165) is 18.2 Å². The van der Waals surface area contributed by atoms with Crippen LogP contribution in [0.4, 0.5) is 11.4 Å². The Morgan fingerprint density at radius 2 is 1.74 bits per heavy atom. The number of benzene rings is 1. The molecule has 0 unspecified atom stereocenters. The Morgan fingerprint density at radius 3 is 2.16 bits per heavy atom. The average Bonchev–Trinajstić information content (AvgIpc) is 2.35. The summed E-state index contributed by atoms with van der Waals surface area (Å²) in [5.41, 5.74) is -1.17. The lowest BCUT2D eigenvalue weighted by Crippen LogP contribution is -2.15. The van der Waals surface area contributed by atoms with Crippen molar-refractivity contribution < 1.29 is 24.1 Å². The minimum absolute atomic E-state index is 0.112.